The third kappa shape index (κ3) is 4.45. The van der Waals surface area contributed by atoms with Gasteiger partial charge in [0.2, 0.25) is 5.91 Å². The Morgan fingerprint density at radius 1 is 1.20 bits per heavy atom. The van der Waals surface area contributed by atoms with E-state index in [0.29, 0.717) is 12.1 Å². The number of carbonyl (C=O) groups excluding carboxylic acids is 1. The fraction of sp³-hybridized carbons (Fsp3) is 0.938. The second kappa shape index (κ2) is 7.99. The second-order valence-corrected chi connectivity index (χ2v) is 6.44. The van der Waals surface area contributed by atoms with Crippen LogP contribution >= 0.6 is 0 Å². The molecule has 2 fully saturated rings. The van der Waals surface area contributed by atoms with Crippen molar-refractivity contribution in [1.29, 1.82) is 0 Å². The summed E-state index contributed by atoms with van der Waals surface area (Å²) in [4.78, 5) is 13.7. The van der Waals surface area contributed by atoms with E-state index in [0.717, 1.165) is 31.8 Å². The number of piperidine rings is 1. The molecule has 2 aliphatic rings. The van der Waals surface area contributed by atoms with Crippen molar-refractivity contribution >= 4 is 5.91 Å². The van der Waals surface area contributed by atoms with Crippen LogP contribution < -0.4 is 5.32 Å². The van der Waals surface area contributed by atoms with Crippen LogP contribution in [-0.4, -0.2) is 49.7 Å². The Kier molecular flexibility index (Phi) is 6.30. The Bertz CT molecular complexity index is 295. The van der Waals surface area contributed by atoms with Crippen LogP contribution in [0.15, 0.2) is 0 Å². The van der Waals surface area contributed by atoms with Crippen molar-refractivity contribution < 1.29 is 9.53 Å². The largest absolute Gasteiger partial charge is 0.375 e. The number of nitrogens with zero attached hydrogens (tertiary/aromatic N) is 1. The first-order valence-corrected chi connectivity index (χ1v) is 8.23. The number of amides is 1. The quantitative estimate of drug-likeness (QED) is 0.840. The van der Waals surface area contributed by atoms with Gasteiger partial charge in [-0.1, -0.05) is 19.3 Å². The molecule has 4 nitrogen and oxygen atoms in total. The van der Waals surface area contributed by atoms with Crippen molar-refractivity contribution in [3.63, 3.8) is 0 Å². The Labute approximate surface area is 123 Å². The summed E-state index contributed by atoms with van der Waals surface area (Å²) in [5, 5.41) is 3.81. The van der Waals surface area contributed by atoms with Crippen LogP contribution in [0.5, 0.6) is 0 Å². The number of likely N-dealkylation sites (tertiary alicyclic amines) is 1. The highest BCUT2D eigenvalue weighted by Crippen LogP contribution is 2.27. The van der Waals surface area contributed by atoms with Gasteiger partial charge in [0.05, 0.1) is 0 Å². The fourth-order valence-electron chi connectivity index (χ4n) is 3.65. The van der Waals surface area contributed by atoms with Crippen molar-refractivity contribution in [3.05, 3.63) is 0 Å². The van der Waals surface area contributed by atoms with Gasteiger partial charge in [-0.25, -0.2) is 0 Å². The molecule has 20 heavy (non-hydrogen) atoms. The number of hydrogen-bond acceptors (Lipinski definition) is 3. The molecule has 0 aromatic rings. The minimum atomic E-state index is 0.131. The van der Waals surface area contributed by atoms with Crippen molar-refractivity contribution in [1.82, 2.24) is 10.2 Å². The highest BCUT2D eigenvalue weighted by atomic mass is 16.5. The molecule has 4 heteroatoms. The van der Waals surface area contributed by atoms with Gasteiger partial charge in [0.15, 0.2) is 0 Å². The molecule has 1 amide bonds. The molecule has 1 saturated carbocycles. The molecule has 0 spiro atoms. The van der Waals surface area contributed by atoms with Gasteiger partial charge in [-0.2, -0.15) is 0 Å². The lowest BCUT2D eigenvalue weighted by molar-refractivity contribution is -0.136. The number of carbonyl (C=O) groups is 1. The van der Waals surface area contributed by atoms with Crippen LogP contribution in [0, 0.1) is 5.92 Å². The normalized spacial score (nSPS) is 23.8. The zero-order valence-electron chi connectivity index (χ0n) is 13.1. The Hall–Kier alpha value is -0.610. The average molecular weight is 282 g/mol. The molecule has 0 aromatic heterocycles. The van der Waals surface area contributed by atoms with Gasteiger partial charge >= 0.3 is 0 Å². The van der Waals surface area contributed by atoms with E-state index < -0.39 is 0 Å². The summed E-state index contributed by atoms with van der Waals surface area (Å²) in [6.07, 6.45) is 9.15. The van der Waals surface area contributed by atoms with E-state index in [2.05, 4.69) is 12.2 Å². The zero-order valence-corrected chi connectivity index (χ0v) is 13.1. The fourth-order valence-corrected chi connectivity index (χ4v) is 3.65. The zero-order chi connectivity index (χ0) is 14.4. The minimum absolute atomic E-state index is 0.131. The number of ether oxygens (including phenoxy) is 1. The lowest BCUT2D eigenvalue weighted by atomic mass is 9.84. The van der Waals surface area contributed by atoms with Gasteiger partial charge in [0.25, 0.3) is 0 Å². The van der Waals surface area contributed by atoms with Gasteiger partial charge < -0.3 is 15.0 Å². The van der Waals surface area contributed by atoms with Crippen molar-refractivity contribution in [3.8, 4) is 0 Å². The first kappa shape index (κ1) is 15.8. The Balaban J connectivity index is 1.69. The Morgan fingerprint density at radius 2 is 1.85 bits per heavy atom. The number of methoxy groups -OCH3 is 1. The highest BCUT2D eigenvalue weighted by molar-refractivity contribution is 5.77. The predicted octanol–water partition coefficient (Wildman–Crippen LogP) is 2.18. The molecule has 1 unspecified atom stereocenters. The van der Waals surface area contributed by atoms with Gasteiger partial charge in [-0.3, -0.25) is 4.79 Å². The van der Waals surface area contributed by atoms with Gasteiger partial charge in [0, 0.05) is 32.3 Å². The summed E-state index contributed by atoms with van der Waals surface area (Å²) in [7, 11) is 1.58. The lowest BCUT2D eigenvalue weighted by Gasteiger charge is -2.36. The molecular formula is C16H30N2O2. The summed E-state index contributed by atoms with van der Waals surface area (Å²) in [5.41, 5.74) is 0. The molecule has 116 valence electrons. The molecule has 0 aromatic carbocycles. The van der Waals surface area contributed by atoms with E-state index in [4.69, 9.17) is 4.74 Å². The first-order valence-electron chi connectivity index (χ1n) is 8.23. The van der Waals surface area contributed by atoms with Crippen molar-refractivity contribution in [2.24, 2.45) is 5.92 Å². The van der Waals surface area contributed by atoms with Gasteiger partial charge in [0.1, 0.15) is 6.61 Å². The molecule has 0 bridgehead atoms. The third-order valence-electron chi connectivity index (χ3n) is 4.97. The topological polar surface area (TPSA) is 41.6 Å². The molecule has 1 aliphatic carbocycles. The van der Waals surface area contributed by atoms with Crippen LogP contribution in [0.1, 0.15) is 51.9 Å². The number of nitrogens with one attached hydrogen (secondary N) is 1. The lowest BCUT2D eigenvalue weighted by Crippen LogP contribution is -2.49. The molecule has 2 rings (SSSR count). The van der Waals surface area contributed by atoms with E-state index >= 15 is 0 Å². The highest BCUT2D eigenvalue weighted by Gasteiger charge is 2.26. The first-order chi connectivity index (χ1) is 9.70. The summed E-state index contributed by atoms with van der Waals surface area (Å²) >= 11 is 0. The van der Waals surface area contributed by atoms with Crippen molar-refractivity contribution in [2.45, 2.75) is 64.0 Å². The average Bonchev–Trinajstić information content (AvgIpc) is 2.49. The SMILES string of the molecule is COCC(=O)N1CCC(NC(C)C2CCCCC2)CC1. The Morgan fingerprint density at radius 3 is 2.45 bits per heavy atom. The van der Waals surface area contributed by atoms with E-state index in [1.807, 2.05) is 4.90 Å². The van der Waals surface area contributed by atoms with Crippen LogP contribution in [0.25, 0.3) is 0 Å². The summed E-state index contributed by atoms with van der Waals surface area (Å²) in [5.74, 6) is 0.989. The molecule has 1 aliphatic heterocycles. The minimum Gasteiger partial charge on any atom is -0.375 e. The van der Waals surface area contributed by atoms with E-state index in [9.17, 15) is 4.79 Å². The summed E-state index contributed by atoms with van der Waals surface area (Å²) in [6.45, 7) is 4.31. The van der Waals surface area contributed by atoms with Gasteiger partial charge in [-0.05, 0) is 38.5 Å². The molecule has 1 atom stereocenters. The molecule has 1 heterocycles. The second-order valence-electron chi connectivity index (χ2n) is 6.44. The van der Waals surface area contributed by atoms with E-state index in [-0.39, 0.29) is 12.5 Å². The van der Waals surface area contributed by atoms with Crippen LogP contribution in [-0.2, 0) is 9.53 Å². The molecule has 0 radical (unpaired) electrons. The maximum Gasteiger partial charge on any atom is 0.248 e. The molecule has 1 N–H and O–H groups in total. The van der Waals surface area contributed by atoms with Crippen LogP contribution in [0.2, 0.25) is 0 Å². The van der Waals surface area contributed by atoms with Crippen LogP contribution in [0.3, 0.4) is 0 Å². The molecule has 1 saturated heterocycles. The van der Waals surface area contributed by atoms with E-state index in [1.165, 1.54) is 32.1 Å². The third-order valence-corrected chi connectivity index (χ3v) is 4.97. The standard InChI is InChI=1S/C16H30N2O2/c1-13(14-6-4-3-5-7-14)17-15-8-10-18(11-9-15)16(19)12-20-2/h13-15,17H,3-12H2,1-2H3. The van der Waals surface area contributed by atoms with Crippen molar-refractivity contribution in [2.75, 3.05) is 26.8 Å². The van der Waals surface area contributed by atoms with Gasteiger partial charge in [-0.15, -0.1) is 0 Å². The predicted molar refractivity (Wildman–Crippen MR) is 80.7 cm³/mol. The number of hydrogen-bond donors (Lipinski definition) is 1. The summed E-state index contributed by atoms with van der Waals surface area (Å²) in [6, 6.07) is 1.21. The number of rotatable bonds is 5. The van der Waals surface area contributed by atoms with E-state index in [1.54, 1.807) is 7.11 Å². The maximum atomic E-state index is 11.8. The summed E-state index contributed by atoms with van der Waals surface area (Å²) < 4.78 is 4.92. The molecular weight excluding hydrogens is 252 g/mol. The van der Waals surface area contributed by atoms with Crippen LogP contribution in [0.4, 0.5) is 0 Å². The smallest absolute Gasteiger partial charge is 0.248 e. The maximum absolute atomic E-state index is 11.8. The monoisotopic (exact) mass is 282 g/mol.